The number of hydrogen-bond donors (Lipinski definition) is 2. The van der Waals surface area contributed by atoms with Gasteiger partial charge >= 0.3 is 0 Å². The summed E-state index contributed by atoms with van der Waals surface area (Å²) in [5.41, 5.74) is 10.3. The molecule has 0 atom stereocenters. The summed E-state index contributed by atoms with van der Waals surface area (Å²) in [7, 11) is 0.168. The summed E-state index contributed by atoms with van der Waals surface area (Å²) in [6, 6.07) is 7.54. The summed E-state index contributed by atoms with van der Waals surface area (Å²) < 4.78 is 14.0. The molecule has 218 valence electrons. The van der Waals surface area contributed by atoms with Gasteiger partial charge in [-0.15, -0.1) is 0 Å². The van der Waals surface area contributed by atoms with Gasteiger partial charge in [0.2, 0.25) is 5.89 Å². The Kier molecular flexibility index (Phi) is 7.69. The van der Waals surface area contributed by atoms with Gasteiger partial charge in [-0.05, 0) is 68.1 Å². The highest BCUT2D eigenvalue weighted by atomic mass is 28.4. The van der Waals surface area contributed by atoms with Crippen LogP contribution in [-0.4, -0.2) is 53.7 Å². The second-order valence-corrected chi connectivity index (χ2v) is 17.4. The van der Waals surface area contributed by atoms with Crippen LogP contribution in [0.5, 0.6) is 0 Å². The second kappa shape index (κ2) is 10.9. The van der Waals surface area contributed by atoms with E-state index in [0.29, 0.717) is 23.2 Å². The van der Waals surface area contributed by atoms with Crippen molar-refractivity contribution in [2.24, 2.45) is 13.0 Å². The first-order valence-corrected chi connectivity index (χ1v) is 17.1. The zero-order valence-corrected chi connectivity index (χ0v) is 26.1. The highest BCUT2D eigenvalue weighted by Crippen LogP contribution is 2.38. The van der Waals surface area contributed by atoms with Crippen LogP contribution >= 0.6 is 0 Å². The molecule has 5 rings (SSSR count). The Bertz CT molecular complexity index is 1560. The Morgan fingerprint density at radius 3 is 2.63 bits per heavy atom. The number of aryl methyl sites for hydroxylation is 2. The van der Waals surface area contributed by atoms with Crippen LogP contribution in [0.3, 0.4) is 0 Å². The number of oxazole rings is 1. The van der Waals surface area contributed by atoms with Gasteiger partial charge < -0.3 is 24.8 Å². The van der Waals surface area contributed by atoms with Crippen LogP contribution in [0.1, 0.15) is 49.8 Å². The first kappa shape index (κ1) is 28.8. The van der Waals surface area contributed by atoms with E-state index in [1.807, 2.05) is 24.7 Å². The molecule has 3 aromatic heterocycles. The predicted molar refractivity (Wildman–Crippen MR) is 166 cm³/mol. The van der Waals surface area contributed by atoms with Gasteiger partial charge in [0.1, 0.15) is 12.1 Å². The number of aromatic nitrogens is 4. The van der Waals surface area contributed by atoms with Crippen molar-refractivity contribution in [3.05, 3.63) is 48.1 Å². The van der Waals surface area contributed by atoms with E-state index in [1.54, 1.807) is 18.3 Å². The number of hydrogen-bond acceptors (Lipinski definition) is 8. The molecule has 1 amide bonds. The summed E-state index contributed by atoms with van der Waals surface area (Å²) in [6.07, 6.45) is 5.01. The van der Waals surface area contributed by atoms with Crippen molar-refractivity contribution < 1.29 is 13.6 Å². The molecule has 0 aliphatic carbocycles. The first-order chi connectivity index (χ1) is 19.3. The lowest BCUT2D eigenvalue weighted by atomic mass is 9.97. The number of benzene rings is 1. The van der Waals surface area contributed by atoms with E-state index in [9.17, 15) is 4.79 Å². The topological polar surface area (TPSA) is 124 Å². The van der Waals surface area contributed by atoms with E-state index in [2.05, 4.69) is 65.2 Å². The van der Waals surface area contributed by atoms with Crippen LogP contribution in [0.4, 0.5) is 17.2 Å². The van der Waals surface area contributed by atoms with Crippen LogP contribution < -0.4 is 16.0 Å². The molecule has 0 bridgehead atoms. The van der Waals surface area contributed by atoms with Crippen LogP contribution in [0.25, 0.3) is 22.4 Å². The average Bonchev–Trinajstić information content (AvgIpc) is 3.52. The van der Waals surface area contributed by atoms with Crippen molar-refractivity contribution in [3.63, 3.8) is 0 Å². The van der Waals surface area contributed by atoms with Gasteiger partial charge in [-0.3, -0.25) is 9.48 Å². The standard InChI is InChI=1S/C30H41N7O3Si/c1-19-22-15-23(33-28(38)24-18-39-29(34-24)21-8-11-32-27(31)14-21)26(16-25(22)36(5)35-19)37-12-9-20(10-13-37)17-40-41(6,7)30(2,3)4/h8,11,14-16,18,20H,9-10,12-13,17H2,1-7H3,(H2,31,32)(H,33,38). The fraction of sp³-hybridized carbons (Fsp3) is 0.467. The number of piperidine rings is 1. The number of carbonyl (C=O) groups is 1. The Morgan fingerprint density at radius 2 is 1.95 bits per heavy atom. The minimum absolute atomic E-state index is 0.186. The number of nitrogens with two attached hydrogens (primary N) is 1. The van der Waals surface area contributed by atoms with E-state index >= 15 is 0 Å². The van der Waals surface area contributed by atoms with Crippen LogP contribution in [-0.2, 0) is 11.5 Å². The lowest BCUT2D eigenvalue weighted by molar-refractivity contribution is 0.102. The molecule has 11 heteroatoms. The Labute approximate surface area is 242 Å². The van der Waals surface area contributed by atoms with Gasteiger partial charge in [0.05, 0.1) is 22.6 Å². The smallest absolute Gasteiger partial charge is 0.277 e. The van der Waals surface area contributed by atoms with Gasteiger partial charge in [0.25, 0.3) is 5.91 Å². The monoisotopic (exact) mass is 575 g/mol. The molecular weight excluding hydrogens is 534 g/mol. The van der Waals surface area contributed by atoms with Crippen molar-refractivity contribution in [2.45, 2.75) is 58.7 Å². The molecule has 1 aliphatic heterocycles. The van der Waals surface area contributed by atoms with Gasteiger partial charge in [0, 0.05) is 43.9 Å². The van der Waals surface area contributed by atoms with Crippen molar-refractivity contribution in [3.8, 4) is 11.5 Å². The molecule has 1 fully saturated rings. The maximum absolute atomic E-state index is 13.4. The molecule has 41 heavy (non-hydrogen) atoms. The van der Waals surface area contributed by atoms with Crippen molar-refractivity contribution >= 4 is 42.3 Å². The number of fused-ring (bicyclic) bond motifs is 1. The Balaban J connectivity index is 1.35. The molecule has 1 aromatic carbocycles. The highest BCUT2D eigenvalue weighted by Gasteiger charge is 2.38. The maximum atomic E-state index is 13.4. The summed E-state index contributed by atoms with van der Waals surface area (Å²) in [4.78, 5) is 24.1. The average molecular weight is 576 g/mol. The normalized spacial score (nSPS) is 15.0. The molecule has 10 nitrogen and oxygen atoms in total. The minimum atomic E-state index is -1.78. The fourth-order valence-electron chi connectivity index (χ4n) is 4.99. The fourth-order valence-corrected chi connectivity index (χ4v) is 6.08. The third-order valence-electron chi connectivity index (χ3n) is 8.61. The highest BCUT2D eigenvalue weighted by molar-refractivity contribution is 6.74. The molecule has 0 spiro atoms. The van der Waals surface area contributed by atoms with E-state index < -0.39 is 8.32 Å². The molecule has 1 aliphatic rings. The number of rotatable bonds is 7. The Hall–Kier alpha value is -3.70. The largest absolute Gasteiger partial charge is 0.444 e. The summed E-state index contributed by atoms with van der Waals surface area (Å²) in [5.74, 6) is 0.843. The molecule has 0 radical (unpaired) electrons. The predicted octanol–water partition coefficient (Wildman–Crippen LogP) is 6.00. The van der Waals surface area contributed by atoms with Crippen LogP contribution in [0, 0.1) is 12.8 Å². The zero-order chi connectivity index (χ0) is 29.5. The SMILES string of the molecule is Cc1nn(C)c2cc(N3CCC(CO[Si](C)(C)C(C)(C)C)CC3)c(NC(=O)c3coc(-c4ccnc(N)c4)n3)cc12. The summed E-state index contributed by atoms with van der Waals surface area (Å²) >= 11 is 0. The summed E-state index contributed by atoms with van der Waals surface area (Å²) in [6.45, 7) is 16.0. The number of carbonyl (C=O) groups excluding carboxylic acids is 1. The molecule has 4 aromatic rings. The zero-order valence-electron chi connectivity index (χ0n) is 25.1. The van der Waals surface area contributed by atoms with Crippen LogP contribution in [0.2, 0.25) is 18.1 Å². The molecule has 3 N–H and O–H groups in total. The third kappa shape index (κ3) is 6.01. The van der Waals surface area contributed by atoms with Crippen LogP contribution in [0.15, 0.2) is 41.1 Å². The second-order valence-electron chi connectivity index (χ2n) is 12.6. The van der Waals surface area contributed by atoms with E-state index in [1.165, 1.54) is 6.26 Å². The molecule has 4 heterocycles. The van der Waals surface area contributed by atoms with Gasteiger partial charge in [-0.25, -0.2) is 9.97 Å². The van der Waals surface area contributed by atoms with Gasteiger partial charge in [-0.1, -0.05) is 20.8 Å². The molecule has 1 saturated heterocycles. The molecule has 0 saturated carbocycles. The van der Waals surface area contributed by atoms with E-state index in [-0.39, 0.29) is 16.6 Å². The maximum Gasteiger partial charge on any atom is 0.277 e. The van der Waals surface area contributed by atoms with Crippen molar-refractivity contribution in [1.29, 1.82) is 0 Å². The summed E-state index contributed by atoms with van der Waals surface area (Å²) in [5, 5.41) is 8.91. The number of nitrogens with one attached hydrogen (secondary N) is 1. The molecular formula is C30H41N7O3Si. The number of anilines is 3. The Morgan fingerprint density at radius 1 is 1.22 bits per heavy atom. The minimum Gasteiger partial charge on any atom is -0.444 e. The van der Waals surface area contributed by atoms with E-state index in [0.717, 1.165) is 60.5 Å². The lowest BCUT2D eigenvalue weighted by Gasteiger charge is -2.39. The molecule has 0 unspecified atom stereocenters. The van der Waals surface area contributed by atoms with E-state index in [4.69, 9.17) is 14.6 Å². The quantitative estimate of drug-likeness (QED) is 0.257. The number of pyridine rings is 1. The van der Waals surface area contributed by atoms with Crippen molar-refractivity contribution in [2.75, 3.05) is 35.6 Å². The lowest BCUT2D eigenvalue weighted by Crippen LogP contribution is -2.43. The number of nitrogen functional groups attached to an aromatic ring is 1. The van der Waals surface area contributed by atoms with Crippen molar-refractivity contribution in [1.82, 2.24) is 19.7 Å². The third-order valence-corrected chi connectivity index (χ3v) is 13.1. The first-order valence-electron chi connectivity index (χ1n) is 14.2. The number of nitrogens with zero attached hydrogens (tertiary/aromatic N) is 5. The number of amides is 1. The van der Waals surface area contributed by atoms with Gasteiger partial charge in [0.15, 0.2) is 14.0 Å². The van der Waals surface area contributed by atoms with Gasteiger partial charge in [-0.2, -0.15) is 5.10 Å².